The van der Waals surface area contributed by atoms with Gasteiger partial charge in [0.1, 0.15) is 0 Å². The molecule has 0 unspecified atom stereocenters. The van der Waals surface area contributed by atoms with Crippen molar-refractivity contribution in [1.29, 1.82) is 0 Å². The Balaban J connectivity index is 1.93. The highest BCUT2D eigenvalue weighted by atomic mass is 32.1. The molecule has 1 atom stereocenters. The van der Waals surface area contributed by atoms with Crippen LogP contribution >= 0.6 is 11.3 Å². The normalized spacial score (nSPS) is 16.5. The second kappa shape index (κ2) is 4.63. The first kappa shape index (κ1) is 11.0. The first-order valence-corrected chi connectivity index (χ1v) is 7.13. The zero-order valence-electron chi connectivity index (χ0n) is 9.86. The van der Waals surface area contributed by atoms with Crippen LogP contribution in [0, 0.1) is 0 Å². The van der Waals surface area contributed by atoms with E-state index in [-0.39, 0.29) is 6.04 Å². The quantitative estimate of drug-likeness (QED) is 0.855. The van der Waals surface area contributed by atoms with Crippen molar-refractivity contribution in [3.8, 4) is 0 Å². The highest BCUT2D eigenvalue weighted by Gasteiger charge is 2.14. The van der Waals surface area contributed by atoms with E-state index < -0.39 is 0 Å². The minimum atomic E-state index is 0.0437. The zero-order valence-corrected chi connectivity index (χ0v) is 10.7. The molecule has 0 fully saturated rings. The standard InChI is InChI=1S/C15H17NS/c16-15(14-6-3-9-17-14)13-8-7-11-4-1-2-5-12(11)10-13/h3,6-10,15H,1-2,4-5,16H2/t15-/m1/s1. The molecule has 1 aliphatic carbocycles. The van der Waals surface area contributed by atoms with E-state index in [1.165, 1.54) is 47.3 Å². The predicted octanol–water partition coefficient (Wildman–Crippen LogP) is 3.68. The molecule has 3 rings (SSSR count). The van der Waals surface area contributed by atoms with Crippen LogP contribution in [0.15, 0.2) is 35.7 Å². The first-order valence-electron chi connectivity index (χ1n) is 6.25. The number of aryl methyl sites for hydroxylation is 2. The van der Waals surface area contributed by atoms with Crippen molar-refractivity contribution >= 4 is 11.3 Å². The monoisotopic (exact) mass is 243 g/mol. The molecular weight excluding hydrogens is 226 g/mol. The summed E-state index contributed by atoms with van der Waals surface area (Å²) in [5.74, 6) is 0. The van der Waals surface area contributed by atoms with Crippen LogP contribution < -0.4 is 5.73 Å². The molecule has 0 saturated carbocycles. The third kappa shape index (κ3) is 2.15. The molecule has 0 amide bonds. The van der Waals surface area contributed by atoms with Crippen LogP contribution in [0.2, 0.25) is 0 Å². The van der Waals surface area contributed by atoms with Crippen molar-refractivity contribution in [2.45, 2.75) is 31.7 Å². The summed E-state index contributed by atoms with van der Waals surface area (Å²) in [5.41, 5.74) is 10.6. The van der Waals surface area contributed by atoms with E-state index in [0.29, 0.717) is 0 Å². The lowest BCUT2D eigenvalue weighted by Gasteiger charge is -2.18. The van der Waals surface area contributed by atoms with E-state index in [9.17, 15) is 0 Å². The van der Waals surface area contributed by atoms with Crippen molar-refractivity contribution in [2.75, 3.05) is 0 Å². The minimum absolute atomic E-state index is 0.0437. The van der Waals surface area contributed by atoms with E-state index in [1.54, 1.807) is 11.3 Å². The number of hydrogen-bond acceptors (Lipinski definition) is 2. The van der Waals surface area contributed by atoms with Gasteiger partial charge in [0.15, 0.2) is 0 Å². The minimum Gasteiger partial charge on any atom is -0.320 e. The second-order valence-corrected chi connectivity index (χ2v) is 5.71. The predicted molar refractivity (Wildman–Crippen MR) is 73.4 cm³/mol. The summed E-state index contributed by atoms with van der Waals surface area (Å²) in [6.07, 6.45) is 5.12. The lowest BCUT2D eigenvalue weighted by molar-refractivity contribution is 0.683. The average Bonchev–Trinajstić information content (AvgIpc) is 2.91. The van der Waals surface area contributed by atoms with Crippen LogP contribution in [0.25, 0.3) is 0 Å². The van der Waals surface area contributed by atoms with Gasteiger partial charge in [0, 0.05) is 4.88 Å². The van der Waals surface area contributed by atoms with Gasteiger partial charge >= 0.3 is 0 Å². The Kier molecular flexibility index (Phi) is 3.00. The van der Waals surface area contributed by atoms with Gasteiger partial charge < -0.3 is 5.73 Å². The zero-order chi connectivity index (χ0) is 11.7. The van der Waals surface area contributed by atoms with Crippen molar-refractivity contribution in [3.05, 3.63) is 57.3 Å². The van der Waals surface area contributed by atoms with Gasteiger partial charge in [0.05, 0.1) is 6.04 Å². The fourth-order valence-corrected chi connectivity index (χ4v) is 3.33. The lowest BCUT2D eigenvalue weighted by Crippen LogP contribution is -2.12. The van der Waals surface area contributed by atoms with E-state index in [0.717, 1.165) is 0 Å². The van der Waals surface area contributed by atoms with Gasteiger partial charge in [-0.1, -0.05) is 24.3 Å². The topological polar surface area (TPSA) is 26.0 Å². The third-order valence-electron chi connectivity index (χ3n) is 3.58. The van der Waals surface area contributed by atoms with Gasteiger partial charge in [-0.25, -0.2) is 0 Å². The maximum atomic E-state index is 6.30. The van der Waals surface area contributed by atoms with Gasteiger partial charge in [-0.2, -0.15) is 0 Å². The molecular formula is C15H17NS. The van der Waals surface area contributed by atoms with Crippen LogP contribution in [-0.2, 0) is 12.8 Å². The molecule has 1 aromatic heterocycles. The summed E-state index contributed by atoms with van der Waals surface area (Å²) in [6.45, 7) is 0. The van der Waals surface area contributed by atoms with Crippen LogP contribution in [0.3, 0.4) is 0 Å². The molecule has 0 radical (unpaired) electrons. The molecule has 0 saturated heterocycles. The smallest absolute Gasteiger partial charge is 0.0646 e. The highest BCUT2D eigenvalue weighted by molar-refractivity contribution is 7.10. The summed E-state index contributed by atoms with van der Waals surface area (Å²) in [5, 5.41) is 2.09. The van der Waals surface area contributed by atoms with Crippen LogP contribution in [0.5, 0.6) is 0 Å². The average molecular weight is 243 g/mol. The Morgan fingerprint density at radius 1 is 1.06 bits per heavy atom. The molecule has 2 aromatic rings. The molecule has 1 nitrogen and oxygen atoms in total. The number of hydrogen-bond donors (Lipinski definition) is 1. The molecule has 0 aliphatic heterocycles. The Hall–Kier alpha value is -1.12. The molecule has 17 heavy (non-hydrogen) atoms. The largest absolute Gasteiger partial charge is 0.320 e. The van der Waals surface area contributed by atoms with E-state index in [1.807, 2.05) is 0 Å². The second-order valence-electron chi connectivity index (χ2n) is 4.73. The molecule has 2 heteroatoms. The van der Waals surface area contributed by atoms with Crippen LogP contribution in [-0.4, -0.2) is 0 Å². The molecule has 1 aliphatic rings. The number of nitrogens with two attached hydrogens (primary N) is 1. The van der Waals surface area contributed by atoms with Gasteiger partial charge in [-0.3, -0.25) is 0 Å². The summed E-state index contributed by atoms with van der Waals surface area (Å²) >= 11 is 1.74. The van der Waals surface area contributed by atoms with Crippen molar-refractivity contribution in [2.24, 2.45) is 5.73 Å². The van der Waals surface area contributed by atoms with Gasteiger partial charge in [-0.15, -0.1) is 11.3 Å². The van der Waals surface area contributed by atoms with Gasteiger partial charge in [0.25, 0.3) is 0 Å². The van der Waals surface area contributed by atoms with Crippen LogP contribution in [0.1, 0.15) is 40.5 Å². The SMILES string of the molecule is N[C@H](c1ccc2c(c1)CCCC2)c1cccs1. The summed E-state index contributed by atoms with van der Waals surface area (Å²) in [7, 11) is 0. The summed E-state index contributed by atoms with van der Waals surface area (Å²) in [6, 6.07) is 11.0. The van der Waals surface area contributed by atoms with Crippen molar-refractivity contribution in [1.82, 2.24) is 0 Å². The number of rotatable bonds is 2. The fourth-order valence-electron chi connectivity index (χ4n) is 2.58. The molecule has 2 N–H and O–H groups in total. The highest BCUT2D eigenvalue weighted by Crippen LogP contribution is 2.28. The Morgan fingerprint density at radius 2 is 1.88 bits per heavy atom. The summed E-state index contributed by atoms with van der Waals surface area (Å²) in [4.78, 5) is 1.25. The number of benzene rings is 1. The number of fused-ring (bicyclic) bond motifs is 1. The number of thiophene rings is 1. The maximum absolute atomic E-state index is 6.30. The summed E-state index contributed by atoms with van der Waals surface area (Å²) < 4.78 is 0. The lowest BCUT2D eigenvalue weighted by atomic mass is 9.89. The van der Waals surface area contributed by atoms with Gasteiger partial charge in [0.2, 0.25) is 0 Å². The molecule has 1 heterocycles. The Labute approximate surface area is 106 Å². The Bertz CT molecular complexity index is 502. The van der Waals surface area contributed by atoms with E-state index in [4.69, 9.17) is 5.73 Å². The van der Waals surface area contributed by atoms with Gasteiger partial charge in [-0.05, 0) is 53.8 Å². The van der Waals surface area contributed by atoms with E-state index >= 15 is 0 Å². The maximum Gasteiger partial charge on any atom is 0.0646 e. The first-order chi connectivity index (χ1) is 8.34. The van der Waals surface area contributed by atoms with E-state index in [2.05, 4.69) is 35.7 Å². The molecule has 1 aromatic carbocycles. The molecule has 0 spiro atoms. The third-order valence-corrected chi connectivity index (χ3v) is 4.54. The van der Waals surface area contributed by atoms with Crippen LogP contribution in [0.4, 0.5) is 0 Å². The van der Waals surface area contributed by atoms with Crippen molar-refractivity contribution < 1.29 is 0 Å². The molecule has 0 bridgehead atoms. The Morgan fingerprint density at radius 3 is 2.65 bits per heavy atom. The fraction of sp³-hybridized carbons (Fsp3) is 0.333. The van der Waals surface area contributed by atoms with Crippen molar-refractivity contribution in [3.63, 3.8) is 0 Å². The molecule has 88 valence electrons.